The first-order valence-corrected chi connectivity index (χ1v) is 7.92. The van der Waals surface area contributed by atoms with Crippen molar-refractivity contribution in [2.45, 2.75) is 20.8 Å². The van der Waals surface area contributed by atoms with Crippen molar-refractivity contribution in [3.05, 3.63) is 58.9 Å². The van der Waals surface area contributed by atoms with Crippen LogP contribution < -0.4 is 10.6 Å². The van der Waals surface area contributed by atoms with E-state index in [-0.39, 0.29) is 18.1 Å². The molecule has 0 saturated heterocycles. The Hall–Kier alpha value is -2.89. The van der Waals surface area contributed by atoms with Gasteiger partial charge in [0.25, 0.3) is 0 Å². The Morgan fingerprint density at radius 3 is 2.24 bits per heavy atom. The van der Waals surface area contributed by atoms with Gasteiger partial charge in [-0.3, -0.25) is 4.79 Å². The molecule has 0 aromatic heterocycles. The normalized spacial score (nSPS) is 10.3. The third kappa shape index (κ3) is 4.79. The van der Waals surface area contributed by atoms with Crippen molar-refractivity contribution in [1.82, 2.24) is 4.90 Å². The second kappa shape index (κ2) is 7.79. The molecule has 0 unspecified atom stereocenters. The van der Waals surface area contributed by atoms with Crippen molar-refractivity contribution in [3.63, 3.8) is 0 Å². The summed E-state index contributed by atoms with van der Waals surface area (Å²) in [5.74, 6) is -0.846. The van der Waals surface area contributed by atoms with Crippen LogP contribution in [0.15, 0.2) is 36.4 Å². The van der Waals surface area contributed by atoms with Crippen LogP contribution in [0.5, 0.6) is 0 Å². The molecule has 0 bridgehead atoms. The van der Waals surface area contributed by atoms with Gasteiger partial charge in [0.15, 0.2) is 0 Å². The van der Waals surface area contributed by atoms with E-state index in [1.807, 2.05) is 32.9 Å². The molecule has 2 aromatic rings. The zero-order chi connectivity index (χ0) is 18.6. The molecule has 0 fully saturated rings. The van der Waals surface area contributed by atoms with Gasteiger partial charge in [-0.1, -0.05) is 29.8 Å². The number of benzene rings is 2. The zero-order valence-corrected chi connectivity index (χ0v) is 14.8. The van der Waals surface area contributed by atoms with Gasteiger partial charge in [-0.25, -0.2) is 9.18 Å². The summed E-state index contributed by atoms with van der Waals surface area (Å²) in [5.41, 5.74) is 3.87. The van der Waals surface area contributed by atoms with Crippen LogP contribution in [0.2, 0.25) is 0 Å². The number of rotatable bonds is 4. The highest BCUT2D eigenvalue weighted by molar-refractivity contribution is 5.97. The van der Waals surface area contributed by atoms with Crippen LogP contribution in [0.25, 0.3) is 0 Å². The fourth-order valence-electron chi connectivity index (χ4n) is 2.62. The number of urea groups is 1. The number of amides is 3. The van der Waals surface area contributed by atoms with Crippen LogP contribution in [0.4, 0.5) is 20.6 Å². The van der Waals surface area contributed by atoms with Gasteiger partial charge >= 0.3 is 6.03 Å². The molecule has 0 atom stereocenters. The minimum absolute atomic E-state index is 0.0741. The number of para-hydroxylation sites is 1. The summed E-state index contributed by atoms with van der Waals surface area (Å²) in [6.07, 6.45) is 0. The van der Waals surface area contributed by atoms with Crippen LogP contribution in [-0.2, 0) is 4.79 Å². The van der Waals surface area contributed by atoms with Crippen LogP contribution in [0, 0.1) is 26.6 Å². The number of hydrogen-bond donors (Lipinski definition) is 2. The highest BCUT2D eigenvalue weighted by Crippen LogP contribution is 2.21. The lowest BCUT2D eigenvalue weighted by molar-refractivity contribution is -0.116. The Bertz CT molecular complexity index is 782. The lowest BCUT2D eigenvalue weighted by Crippen LogP contribution is -2.38. The Kier molecular flexibility index (Phi) is 5.75. The van der Waals surface area contributed by atoms with Crippen LogP contribution >= 0.6 is 0 Å². The number of carbonyl (C=O) groups is 2. The van der Waals surface area contributed by atoms with E-state index < -0.39 is 11.8 Å². The summed E-state index contributed by atoms with van der Waals surface area (Å²) >= 11 is 0. The van der Waals surface area contributed by atoms with Gasteiger partial charge in [-0.2, -0.15) is 0 Å². The zero-order valence-electron chi connectivity index (χ0n) is 14.8. The van der Waals surface area contributed by atoms with Crippen molar-refractivity contribution in [1.29, 1.82) is 0 Å². The monoisotopic (exact) mass is 343 g/mol. The fourth-order valence-corrected chi connectivity index (χ4v) is 2.62. The Balaban J connectivity index is 1.98. The Morgan fingerprint density at radius 2 is 1.64 bits per heavy atom. The molecule has 2 N–H and O–H groups in total. The maximum absolute atomic E-state index is 13.6. The van der Waals surface area contributed by atoms with Gasteiger partial charge < -0.3 is 15.5 Å². The van der Waals surface area contributed by atoms with Gasteiger partial charge in [0, 0.05) is 12.7 Å². The molecule has 5 nitrogen and oxygen atoms in total. The summed E-state index contributed by atoms with van der Waals surface area (Å²) < 4.78 is 13.6. The second-order valence-electron chi connectivity index (χ2n) is 6.09. The van der Waals surface area contributed by atoms with Gasteiger partial charge in [0.05, 0.1) is 5.69 Å². The molecule has 0 aliphatic carbocycles. The number of halogens is 1. The van der Waals surface area contributed by atoms with E-state index in [0.717, 1.165) is 22.4 Å². The predicted octanol–water partition coefficient (Wildman–Crippen LogP) is 3.85. The number of hydrogen-bond acceptors (Lipinski definition) is 2. The molecule has 0 radical (unpaired) electrons. The van der Waals surface area contributed by atoms with Gasteiger partial charge in [-0.15, -0.1) is 0 Å². The Morgan fingerprint density at radius 1 is 1.04 bits per heavy atom. The first kappa shape index (κ1) is 18.4. The first-order chi connectivity index (χ1) is 11.8. The highest BCUT2D eigenvalue weighted by atomic mass is 19.1. The molecule has 0 saturated carbocycles. The maximum atomic E-state index is 13.6. The second-order valence-corrected chi connectivity index (χ2v) is 6.09. The molecule has 25 heavy (non-hydrogen) atoms. The van der Waals surface area contributed by atoms with Crippen molar-refractivity contribution in [2.24, 2.45) is 0 Å². The number of anilines is 2. The highest BCUT2D eigenvalue weighted by Gasteiger charge is 2.16. The topological polar surface area (TPSA) is 61.4 Å². The van der Waals surface area contributed by atoms with E-state index in [9.17, 15) is 14.0 Å². The van der Waals surface area contributed by atoms with E-state index in [0.29, 0.717) is 0 Å². The third-order valence-corrected chi connectivity index (χ3v) is 3.78. The molecule has 6 heteroatoms. The van der Waals surface area contributed by atoms with E-state index in [1.54, 1.807) is 6.07 Å². The lowest BCUT2D eigenvalue weighted by atomic mass is 10.1. The average Bonchev–Trinajstić information content (AvgIpc) is 2.53. The van der Waals surface area contributed by atoms with E-state index >= 15 is 0 Å². The standard InChI is InChI=1S/C19H22FN3O2/c1-12-9-13(2)18(14(3)10-12)22-17(24)11-23(4)19(25)21-16-8-6-5-7-15(16)20/h5-10H,11H2,1-4H3,(H,21,25)(H,22,24). The number of nitrogens with one attached hydrogen (secondary N) is 2. The molecule has 2 aromatic carbocycles. The summed E-state index contributed by atoms with van der Waals surface area (Å²) in [4.78, 5) is 25.5. The molecule has 0 spiro atoms. The minimum Gasteiger partial charge on any atom is -0.324 e. The molecule has 0 aliphatic heterocycles. The third-order valence-electron chi connectivity index (χ3n) is 3.78. The summed E-state index contributed by atoms with van der Waals surface area (Å²) in [6, 6.07) is 9.28. The Labute approximate surface area is 146 Å². The largest absolute Gasteiger partial charge is 0.324 e. The number of nitrogens with zero attached hydrogens (tertiary/aromatic N) is 1. The van der Waals surface area contributed by atoms with Crippen molar-refractivity contribution >= 4 is 23.3 Å². The SMILES string of the molecule is Cc1cc(C)c(NC(=O)CN(C)C(=O)Nc2ccccc2F)c(C)c1. The average molecular weight is 343 g/mol. The number of carbonyl (C=O) groups excluding carboxylic acids is 2. The summed E-state index contributed by atoms with van der Waals surface area (Å²) in [7, 11) is 1.48. The fraction of sp³-hybridized carbons (Fsp3) is 0.263. The van der Waals surface area contributed by atoms with Crippen molar-refractivity contribution < 1.29 is 14.0 Å². The van der Waals surface area contributed by atoms with E-state index in [2.05, 4.69) is 10.6 Å². The van der Waals surface area contributed by atoms with Crippen LogP contribution in [-0.4, -0.2) is 30.4 Å². The smallest absolute Gasteiger partial charge is 0.322 e. The minimum atomic E-state index is -0.558. The molecule has 132 valence electrons. The van der Waals surface area contributed by atoms with Crippen LogP contribution in [0.3, 0.4) is 0 Å². The quantitative estimate of drug-likeness (QED) is 0.886. The lowest BCUT2D eigenvalue weighted by Gasteiger charge is -2.19. The van der Waals surface area contributed by atoms with Crippen molar-refractivity contribution in [2.75, 3.05) is 24.2 Å². The van der Waals surface area contributed by atoms with Crippen molar-refractivity contribution in [3.8, 4) is 0 Å². The summed E-state index contributed by atoms with van der Waals surface area (Å²) in [5, 5.41) is 5.27. The predicted molar refractivity (Wildman–Crippen MR) is 97.3 cm³/mol. The number of aryl methyl sites for hydroxylation is 3. The van der Waals surface area contributed by atoms with Crippen LogP contribution in [0.1, 0.15) is 16.7 Å². The maximum Gasteiger partial charge on any atom is 0.322 e. The summed E-state index contributed by atoms with van der Waals surface area (Å²) in [6.45, 7) is 5.69. The molecule has 3 amide bonds. The van der Waals surface area contributed by atoms with Gasteiger partial charge in [-0.05, 0) is 44.0 Å². The molecular weight excluding hydrogens is 321 g/mol. The van der Waals surface area contributed by atoms with E-state index in [4.69, 9.17) is 0 Å². The van der Waals surface area contributed by atoms with Gasteiger partial charge in [0.1, 0.15) is 12.4 Å². The first-order valence-electron chi connectivity index (χ1n) is 7.92. The van der Waals surface area contributed by atoms with E-state index in [1.165, 1.54) is 30.1 Å². The molecule has 0 heterocycles. The van der Waals surface area contributed by atoms with Gasteiger partial charge in [0.2, 0.25) is 5.91 Å². The molecular formula is C19H22FN3O2. The molecule has 2 rings (SSSR count). The molecule has 0 aliphatic rings. The number of likely N-dealkylation sites (N-methyl/N-ethyl adjacent to an activating group) is 1.